The van der Waals surface area contributed by atoms with Gasteiger partial charge in [0.15, 0.2) is 0 Å². The number of hydrogen-bond donors (Lipinski definition) is 1. The maximum atomic E-state index is 12.7. The van der Waals surface area contributed by atoms with Crippen LogP contribution in [0.4, 0.5) is 23.7 Å². The maximum absolute atomic E-state index is 12.7. The topological polar surface area (TPSA) is 32.3 Å². The summed E-state index contributed by atoms with van der Waals surface area (Å²) >= 11 is 0. The quantitative estimate of drug-likeness (QED) is 0.805. The molecule has 2 rings (SSSR count). The van der Waals surface area contributed by atoms with Gasteiger partial charge in [-0.25, -0.2) is 4.79 Å². The van der Waals surface area contributed by atoms with Crippen LogP contribution in [0.1, 0.15) is 31.2 Å². The molecule has 0 unspecified atom stereocenters. The summed E-state index contributed by atoms with van der Waals surface area (Å²) in [7, 11) is 0. The lowest BCUT2D eigenvalue weighted by atomic mass is 10.2. The Kier molecular flexibility index (Phi) is 5.11. The van der Waals surface area contributed by atoms with Crippen LogP contribution in [0.25, 0.3) is 0 Å². The lowest BCUT2D eigenvalue weighted by molar-refractivity contribution is -0.137. The van der Waals surface area contributed by atoms with Crippen LogP contribution in [0.3, 0.4) is 0 Å². The van der Waals surface area contributed by atoms with Crippen LogP contribution in [-0.2, 0) is 6.18 Å². The van der Waals surface area contributed by atoms with Crippen molar-refractivity contribution < 1.29 is 18.0 Å². The molecule has 120 valence electrons. The number of alkyl halides is 3. The molecule has 22 heavy (non-hydrogen) atoms. The van der Waals surface area contributed by atoms with Crippen molar-refractivity contribution >= 4 is 11.7 Å². The van der Waals surface area contributed by atoms with E-state index in [9.17, 15) is 18.0 Å². The molecule has 0 aliphatic heterocycles. The van der Waals surface area contributed by atoms with Crippen molar-refractivity contribution in [2.75, 3.05) is 11.9 Å². The number of benzene rings is 1. The van der Waals surface area contributed by atoms with E-state index in [4.69, 9.17) is 0 Å². The molecule has 1 aromatic rings. The number of nitrogens with zero attached hydrogens (tertiary/aromatic N) is 1. The molecule has 1 saturated carbocycles. The van der Waals surface area contributed by atoms with Gasteiger partial charge in [0, 0.05) is 18.3 Å². The highest BCUT2D eigenvalue weighted by Gasteiger charge is 2.31. The minimum absolute atomic E-state index is 0.129. The molecule has 0 atom stereocenters. The van der Waals surface area contributed by atoms with Crippen molar-refractivity contribution in [1.29, 1.82) is 0 Å². The Morgan fingerprint density at radius 2 is 2.05 bits per heavy atom. The van der Waals surface area contributed by atoms with Gasteiger partial charge in [0.05, 0.1) is 5.56 Å². The fourth-order valence-corrected chi connectivity index (χ4v) is 2.72. The van der Waals surface area contributed by atoms with Crippen LogP contribution in [0.2, 0.25) is 0 Å². The molecular weight excluding hydrogens is 293 g/mol. The molecule has 1 fully saturated rings. The number of rotatable bonds is 4. The van der Waals surface area contributed by atoms with Gasteiger partial charge in [0.2, 0.25) is 0 Å². The molecule has 1 aromatic carbocycles. The molecule has 0 heterocycles. The Morgan fingerprint density at radius 3 is 2.64 bits per heavy atom. The third-order valence-corrected chi connectivity index (χ3v) is 3.79. The number of anilines is 1. The SMILES string of the molecule is C=CCN(C(=O)Nc1cccc(C(F)(F)F)c1)C1CCCC1. The van der Waals surface area contributed by atoms with Crippen LogP contribution >= 0.6 is 0 Å². The number of nitrogens with one attached hydrogen (secondary N) is 1. The Hall–Kier alpha value is -1.98. The van der Waals surface area contributed by atoms with Crippen molar-refractivity contribution in [3.8, 4) is 0 Å². The van der Waals surface area contributed by atoms with E-state index in [-0.39, 0.29) is 17.8 Å². The summed E-state index contributed by atoms with van der Waals surface area (Å²) in [5.74, 6) is 0. The first-order valence-corrected chi connectivity index (χ1v) is 7.27. The molecule has 0 spiro atoms. The molecule has 0 radical (unpaired) electrons. The van der Waals surface area contributed by atoms with Crippen molar-refractivity contribution in [2.45, 2.75) is 37.9 Å². The second kappa shape index (κ2) is 6.85. The molecule has 1 aliphatic carbocycles. The van der Waals surface area contributed by atoms with E-state index in [1.807, 2.05) is 0 Å². The van der Waals surface area contributed by atoms with Gasteiger partial charge in [-0.3, -0.25) is 0 Å². The largest absolute Gasteiger partial charge is 0.416 e. The zero-order valence-corrected chi connectivity index (χ0v) is 12.2. The van der Waals surface area contributed by atoms with Gasteiger partial charge in [-0.2, -0.15) is 13.2 Å². The lowest BCUT2D eigenvalue weighted by Gasteiger charge is -2.28. The highest BCUT2D eigenvalue weighted by atomic mass is 19.4. The average Bonchev–Trinajstić information content (AvgIpc) is 2.98. The monoisotopic (exact) mass is 312 g/mol. The first kappa shape index (κ1) is 16.4. The van der Waals surface area contributed by atoms with Gasteiger partial charge in [0.1, 0.15) is 0 Å². The first-order valence-electron chi connectivity index (χ1n) is 7.27. The highest BCUT2D eigenvalue weighted by Crippen LogP contribution is 2.31. The van der Waals surface area contributed by atoms with Crippen LogP contribution in [0, 0.1) is 0 Å². The summed E-state index contributed by atoms with van der Waals surface area (Å²) in [5, 5.41) is 2.56. The molecule has 2 amide bonds. The number of urea groups is 1. The maximum Gasteiger partial charge on any atom is 0.416 e. The standard InChI is InChI=1S/C16H19F3N2O/c1-2-10-21(14-8-3-4-9-14)15(22)20-13-7-5-6-12(11-13)16(17,18)19/h2,5-7,11,14H,1,3-4,8-10H2,(H,20,22). The minimum Gasteiger partial charge on any atom is -0.318 e. The number of carbonyl (C=O) groups excluding carboxylic acids is 1. The van der Waals surface area contributed by atoms with Crippen molar-refractivity contribution in [2.24, 2.45) is 0 Å². The number of carbonyl (C=O) groups is 1. The van der Waals surface area contributed by atoms with E-state index in [1.165, 1.54) is 12.1 Å². The van der Waals surface area contributed by atoms with E-state index < -0.39 is 11.7 Å². The fraction of sp³-hybridized carbons (Fsp3) is 0.438. The summed E-state index contributed by atoms with van der Waals surface area (Å²) in [5.41, 5.74) is -0.631. The molecule has 1 aliphatic rings. The van der Waals surface area contributed by atoms with Crippen LogP contribution < -0.4 is 5.32 Å². The molecule has 0 aromatic heterocycles. The van der Waals surface area contributed by atoms with Crippen LogP contribution in [0.15, 0.2) is 36.9 Å². The van der Waals surface area contributed by atoms with Gasteiger partial charge >= 0.3 is 12.2 Å². The summed E-state index contributed by atoms with van der Waals surface area (Å²) < 4.78 is 38.1. The molecular formula is C16H19F3N2O. The zero-order chi connectivity index (χ0) is 16.2. The predicted molar refractivity (Wildman–Crippen MR) is 79.6 cm³/mol. The lowest BCUT2D eigenvalue weighted by Crippen LogP contribution is -2.41. The van der Waals surface area contributed by atoms with E-state index >= 15 is 0 Å². The summed E-state index contributed by atoms with van der Waals surface area (Å²) in [6.45, 7) is 4.02. The van der Waals surface area contributed by atoms with Crippen LogP contribution in [0.5, 0.6) is 0 Å². The van der Waals surface area contributed by atoms with Crippen molar-refractivity contribution in [3.05, 3.63) is 42.5 Å². The Labute approximate surface area is 127 Å². The Balaban J connectivity index is 2.10. The second-order valence-corrected chi connectivity index (χ2v) is 5.39. The third kappa shape index (κ3) is 4.02. The molecule has 3 nitrogen and oxygen atoms in total. The normalized spacial score (nSPS) is 15.6. The van der Waals surface area contributed by atoms with Gasteiger partial charge in [-0.15, -0.1) is 6.58 Å². The number of hydrogen-bond acceptors (Lipinski definition) is 1. The van der Waals surface area contributed by atoms with Gasteiger partial charge in [-0.05, 0) is 31.0 Å². The fourth-order valence-electron chi connectivity index (χ4n) is 2.72. The highest BCUT2D eigenvalue weighted by molar-refractivity contribution is 5.89. The molecule has 0 bridgehead atoms. The molecule has 0 saturated heterocycles. The predicted octanol–water partition coefficient (Wildman–Crippen LogP) is 4.67. The summed E-state index contributed by atoms with van der Waals surface area (Å²) in [6, 6.07) is 4.40. The van der Waals surface area contributed by atoms with E-state index in [1.54, 1.807) is 11.0 Å². The zero-order valence-electron chi connectivity index (χ0n) is 12.2. The third-order valence-electron chi connectivity index (χ3n) is 3.79. The van der Waals surface area contributed by atoms with E-state index in [0.29, 0.717) is 6.54 Å². The number of amides is 2. The minimum atomic E-state index is -4.42. The second-order valence-electron chi connectivity index (χ2n) is 5.39. The van der Waals surface area contributed by atoms with E-state index in [0.717, 1.165) is 37.8 Å². The van der Waals surface area contributed by atoms with Crippen molar-refractivity contribution in [1.82, 2.24) is 4.90 Å². The van der Waals surface area contributed by atoms with Gasteiger partial charge in [0.25, 0.3) is 0 Å². The van der Waals surface area contributed by atoms with Gasteiger partial charge in [-0.1, -0.05) is 25.0 Å². The van der Waals surface area contributed by atoms with Crippen LogP contribution in [-0.4, -0.2) is 23.5 Å². The summed E-state index contributed by atoms with van der Waals surface area (Å²) in [4.78, 5) is 14.0. The van der Waals surface area contributed by atoms with E-state index in [2.05, 4.69) is 11.9 Å². The van der Waals surface area contributed by atoms with Gasteiger partial charge < -0.3 is 10.2 Å². The smallest absolute Gasteiger partial charge is 0.318 e. The Bertz CT molecular complexity index is 536. The molecule has 1 N–H and O–H groups in total. The molecule has 6 heteroatoms. The Morgan fingerprint density at radius 1 is 1.36 bits per heavy atom. The first-order chi connectivity index (χ1) is 10.4. The number of halogens is 3. The average molecular weight is 312 g/mol. The summed E-state index contributed by atoms with van der Waals surface area (Å²) in [6.07, 6.45) is 1.18. The van der Waals surface area contributed by atoms with Crippen molar-refractivity contribution in [3.63, 3.8) is 0 Å².